The first-order valence-corrected chi connectivity index (χ1v) is 10.2. The van der Waals surface area contributed by atoms with Gasteiger partial charge in [-0.3, -0.25) is 14.5 Å². The Balaban J connectivity index is 1.62. The smallest absolute Gasteiger partial charge is 0.338 e. The Kier molecular flexibility index (Phi) is 5.91. The largest absolute Gasteiger partial charge is 0.462 e. The average molecular weight is 444 g/mol. The Labute approximate surface area is 189 Å². The van der Waals surface area contributed by atoms with Crippen molar-refractivity contribution in [1.29, 1.82) is 0 Å². The number of benzene rings is 2. The average Bonchev–Trinajstić information content (AvgIpc) is 3.30. The van der Waals surface area contributed by atoms with Gasteiger partial charge in [0.25, 0.3) is 11.8 Å². The first-order chi connectivity index (χ1) is 15.9. The summed E-state index contributed by atoms with van der Waals surface area (Å²) in [5.74, 6) is -1.10. The molecule has 4 rings (SSSR count). The van der Waals surface area contributed by atoms with E-state index < -0.39 is 23.8 Å². The summed E-state index contributed by atoms with van der Waals surface area (Å²) in [4.78, 5) is 51.9. The Morgan fingerprint density at radius 2 is 1.64 bits per heavy atom. The molecule has 0 bridgehead atoms. The molecule has 1 aliphatic rings. The van der Waals surface area contributed by atoms with Crippen LogP contribution in [0.5, 0.6) is 0 Å². The molecule has 2 heterocycles. The molecule has 0 atom stereocenters. The number of imide groups is 2. The van der Waals surface area contributed by atoms with Crippen LogP contribution in [0.25, 0.3) is 17.4 Å². The van der Waals surface area contributed by atoms with Crippen LogP contribution in [0.1, 0.15) is 23.0 Å². The fraction of sp³-hybridized carbons (Fsp3) is 0.120. The van der Waals surface area contributed by atoms with E-state index in [4.69, 9.17) is 9.15 Å². The van der Waals surface area contributed by atoms with Gasteiger partial charge >= 0.3 is 12.0 Å². The van der Waals surface area contributed by atoms with Gasteiger partial charge < -0.3 is 9.15 Å². The lowest BCUT2D eigenvalue weighted by atomic mass is 10.1. The summed E-state index contributed by atoms with van der Waals surface area (Å²) in [6.45, 7) is 2.02. The summed E-state index contributed by atoms with van der Waals surface area (Å²) in [7, 11) is 1.32. The fourth-order valence-electron chi connectivity index (χ4n) is 3.36. The number of carbonyl (C=O) groups is 4. The van der Waals surface area contributed by atoms with Crippen molar-refractivity contribution >= 4 is 35.6 Å². The molecule has 0 radical (unpaired) electrons. The normalized spacial score (nSPS) is 15.3. The van der Waals surface area contributed by atoms with E-state index in [0.29, 0.717) is 22.6 Å². The minimum atomic E-state index is -0.731. The third-order valence-electron chi connectivity index (χ3n) is 5.06. The van der Waals surface area contributed by atoms with Crippen LogP contribution in [0.3, 0.4) is 0 Å². The van der Waals surface area contributed by atoms with Crippen molar-refractivity contribution in [2.45, 2.75) is 6.92 Å². The molecule has 2 aromatic carbocycles. The molecule has 0 spiro atoms. The highest BCUT2D eigenvalue weighted by atomic mass is 16.5. The molecule has 0 saturated carbocycles. The number of amides is 4. The van der Waals surface area contributed by atoms with Gasteiger partial charge in [0.1, 0.15) is 17.1 Å². The van der Waals surface area contributed by atoms with Gasteiger partial charge in [-0.05, 0) is 49.4 Å². The van der Waals surface area contributed by atoms with Crippen molar-refractivity contribution in [2.24, 2.45) is 0 Å². The van der Waals surface area contributed by atoms with Gasteiger partial charge in [0, 0.05) is 12.6 Å². The third-order valence-corrected chi connectivity index (χ3v) is 5.06. The third kappa shape index (κ3) is 4.18. The maximum absolute atomic E-state index is 13.0. The second-order valence-electron chi connectivity index (χ2n) is 7.18. The predicted octanol–water partition coefficient (Wildman–Crippen LogP) is 4.13. The zero-order valence-corrected chi connectivity index (χ0v) is 18.0. The SMILES string of the molecule is CCOC(=O)c1ccc(-c2ccc(/C=C3\C(=O)N(C)C(=O)N(c4ccccc4)C3=O)o2)cc1. The van der Waals surface area contributed by atoms with E-state index in [9.17, 15) is 19.2 Å². The molecule has 33 heavy (non-hydrogen) atoms. The molecular weight excluding hydrogens is 424 g/mol. The number of hydrogen-bond donors (Lipinski definition) is 0. The Hall–Kier alpha value is -4.46. The van der Waals surface area contributed by atoms with Gasteiger partial charge in [-0.25, -0.2) is 14.5 Å². The highest BCUT2D eigenvalue weighted by molar-refractivity contribution is 6.38. The van der Waals surface area contributed by atoms with Gasteiger partial charge in [0.05, 0.1) is 17.9 Å². The van der Waals surface area contributed by atoms with E-state index in [0.717, 1.165) is 9.80 Å². The monoisotopic (exact) mass is 444 g/mol. The first-order valence-electron chi connectivity index (χ1n) is 10.2. The zero-order valence-electron chi connectivity index (χ0n) is 18.0. The number of anilines is 1. The van der Waals surface area contributed by atoms with Crippen LogP contribution in [0, 0.1) is 0 Å². The number of ether oxygens (including phenoxy) is 1. The zero-order chi connectivity index (χ0) is 23.5. The Morgan fingerprint density at radius 1 is 0.939 bits per heavy atom. The second kappa shape index (κ2) is 8.96. The van der Waals surface area contributed by atoms with Crippen LogP contribution in [-0.2, 0) is 14.3 Å². The van der Waals surface area contributed by atoms with Crippen molar-refractivity contribution in [2.75, 3.05) is 18.6 Å². The fourth-order valence-corrected chi connectivity index (χ4v) is 3.36. The van der Waals surface area contributed by atoms with E-state index in [1.165, 1.54) is 13.1 Å². The standard InChI is InChI=1S/C25H20N2O6/c1-3-32-24(30)17-11-9-16(10-12-17)21-14-13-19(33-21)15-20-22(28)26(2)25(31)27(23(20)29)18-7-5-4-6-8-18/h4-15H,3H2,1-2H3/b20-15+. The van der Waals surface area contributed by atoms with Gasteiger partial charge in [-0.1, -0.05) is 30.3 Å². The van der Waals surface area contributed by atoms with Crippen molar-refractivity contribution in [3.63, 3.8) is 0 Å². The minimum absolute atomic E-state index is 0.195. The molecule has 1 fully saturated rings. The van der Waals surface area contributed by atoms with Crippen molar-refractivity contribution in [3.8, 4) is 11.3 Å². The number of nitrogens with zero attached hydrogens (tertiary/aromatic N) is 2. The molecule has 0 aliphatic carbocycles. The Bertz CT molecular complexity index is 1260. The summed E-state index contributed by atoms with van der Waals surface area (Å²) in [6, 6.07) is 17.6. The molecule has 0 N–H and O–H groups in total. The van der Waals surface area contributed by atoms with Gasteiger partial charge in [-0.15, -0.1) is 0 Å². The summed E-state index contributed by atoms with van der Waals surface area (Å²) < 4.78 is 10.8. The van der Waals surface area contributed by atoms with Gasteiger partial charge in [-0.2, -0.15) is 0 Å². The maximum Gasteiger partial charge on any atom is 0.338 e. The van der Waals surface area contributed by atoms with Crippen LogP contribution < -0.4 is 4.90 Å². The van der Waals surface area contributed by atoms with E-state index in [1.54, 1.807) is 73.7 Å². The number of furan rings is 1. The maximum atomic E-state index is 13.0. The number of barbiturate groups is 1. The summed E-state index contributed by atoms with van der Waals surface area (Å²) in [6.07, 6.45) is 1.32. The quantitative estimate of drug-likeness (QED) is 0.333. The molecule has 0 unspecified atom stereocenters. The number of rotatable bonds is 5. The summed E-state index contributed by atoms with van der Waals surface area (Å²) in [5, 5.41) is 0. The lowest BCUT2D eigenvalue weighted by molar-refractivity contribution is -0.128. The molecule has 8 heteroatoms. The van der Waals surface area contributed by atoms with Crippen LogP contribution in [0.2, 0.25) is 0 Å². The predicted molar refractivity (Wildman–Crippen MR) is 120 cm³/mol. The van der Waals surface area contributed by atoms with Crippen molar-refractivity contribution in [1.82, 2.24) is 4.90 Å². The summed E-state index contributed by atoms with van der Waals surface area (Å²) in [5.41, 5.74) is 1.29. The van der Waals surface area contributed by atoms with Crippen molar-refractivity contribution in [3.05, 3.63) is 83.6 Å². The first kappa shape index (κ1) is 21.8. The van der Waals surface area contributed by atoms with E-state index in [2.05, 4.69) is 0 Å². The highest BCUT2D eigenvalue weighted by Gasteiger charge is 2.41. The van der Waals surface area contributed by atoms with Crippen LogP contribution in [-0.4, -0.2) is 42.4 Å². The molecule has 4 amide bonds. The second-order valence-corrected chi connectivity index (χ2v) is 7.18. The van der Waals surface area contributed by atoms with Gasteiger partial charge in [0.15, 0.2) is 0 Å². The molecule has 1 aliphatic heterocycles. The Morgan fingerprint density at radius 3 is 2.30 bits per heavy atom. The summed E-state index contributed by atoms with van der Waals surface area (Å²) >= 11 is 0. The van der Waals surface area contributed by atoms with E-state index >= 15 is 0 Å². The topological polar surface area (TPSA) is 97.1 Å². The molecule has 1 aromatic heterocycles. The lowest BCUT2D eigenvalue weighted by Gasteiger charge is -2.31. The lowest BCUT2D eigenvalue weighted by Crippen LogP contribution is -2.55. The minimum Gasteiger partial charge on any atom is -0.462 e. The molecule has 3 aromatic rings. The number of hydrogen-bond acceptors (Lipinski definition) is 6. The number of para-hydroxylation sites is 1. The molecule has 8 nitrogen and oxygen atoms in total. The van der Waals surface area contributed by atoms with E-state index in [1.807, 2.05) is 0 Å². The van der Waals surface area contributed by atoms with Crippen LogP contribution >= 0.6 is 0 Å². The molecular formula is C25H20N2O6. The number of urea groups is 1. The number of likely N-dealkylation sites (N-methyl/N-ethyl adjacent to an activating group) is 1. The highest BCUT2D eigenvalue weighted by Crippen LogP contribution is 2.27. The molecule has 166 valence electrons. The van der Waals surface area contributed by atoms with Gasteiger partial charge in [0.2, 0.25) is 0 Å². The van der Waals surface area contributed by atoms with Crippen molar-refractivity contribution < 1.29 is 28.3 Å². The number of carbonyl (C=O) groups excluding carboxylic acids is 4. The van der Waals surface area contributed by atoms with E-state index in [-0.39, 0.29) is 17.9 Å². The van der Waals surface area contributed by atoms with Crippen LogP contribution in [0.15, 0.2) is 76.7 Å². The number of esters is 1. The van der Waals surface area contributed by atoms with Crippen LogP contribution in [0.4, 0.5) is 10.5 Å². The molecule has 1 saturated heterocycles.